The molecule has 0 aliphatic rings. The monoisotopic (exact) mass is 153 g/mol. The Bertz CT molecular complexity index is 218. The van der Waals surface area contributed by atoms with Gasteiger partial charge in [0.2, 0.25) is 0 Å². The van der Waals surface area contributed by atoms with Crippen molar-refractivity contribution in [1.29, 1.82) is 0 Å². The zero-order chi connectivity index (χ0) is 8.10. The minimum atomic E-state index is -0.399. The highest BCUT2D eigenvalue weighted by atomic mass is 16.5. The maximum Gasteiger partial charge on any atom is 0.358 e. The summed E-state index contributed by atoms with van der Waals surface area (Å²) in [6, 6.07) is 0. The van der Waals surface area contributed by atoms with Crippen LogP contribution in [0.15, 0.2) is 6.20 Å². The number of nitrogens with zero attached hydrogens (tertiary/aromatic N) is 1. The molecule has 0 unspecified atom stereocenters. The van der Waals surface area contributed by atoms with E-state index in [2.05, 4.69) is 16.3 Å². The normalized spacial score (nSPS) is 9.55. The van der Waals surface area contributed by atoms with E-state index in [1.807, 2.05) is 6.92 Å². The third-order valence-corrected chi connectivity index (χ3v) is 1.10. The summed E-state index contributed by atoms with van der Waals surface area (Å²) in [5.74, 6) is -0.399. The molecule has 0 aliphatic carbocycles. The van der Waals surface area contributed by atoms with Crippen molar-refractivity contribution in [2.24, 2.45) is 0 Å². The molecule has 0 saturated carbocycles. The van der Waals surface area contributed by atoms with E-state index in [9.17, 15) is 4.79 Å². The number of imidazole rings is 1. The van der Waals surface area contributed by atoms with Gasteiger partial charge in [0.15, 0.2) is 12.0 Å². The molecule has 0 aromatic carbocycles. The summed E-state index contributed by atoms with van der Waals surface area (Å²) in [6.45, 7) is 2.37. The number of H-pyrrole nitrogens is 1. The number of esters is 1. The first kappa shape index (κ1) is 7.78. The van der Waals surface area contributed by atoms with Crippen molar-refractivity contribution < 1.29 is 9.53 Å². The first-order valence-electron chi connectivity index (χ1n) is 3.43. The topological polar surface area (TPSA) is 55.0 Å². The Kier molecular flexibility index (Phi) is 2.66. The first-order chi connectivity index (χ1) is 5.34. The van der Waals surface area contributed by atoms with E-state index in [1.54, 1.807) is 0 Å². The van der Waals surface area contributed by atoms with E-state index in [-0.39, 0.29) is 5.69 Å². The van der Waals surface area contributed by atoms with Gasteiger partial charge in [-0.15, -0.1) is 0 Å². The number of carbonyl (C=O) groups excluding carboxylic acids is 1. The molecule has 0 bridgehead atoms. The summed E-state index contributed by atoms with van der Waals surface area (Å²) in [4.78, 5) is 17.1. The Balaban J connectivity index is 2.43. The number of aromatic nitrogens is 2. The highest BCUT2D eigenvalue weighted by Crippen LogP contribution is 1.94. The van der Waals surface area contributed by atoms with Crippen molar-refractivity contribution in [3.05, 3.63) is 18.2 Å². The lowest BCUT2D eigenvalue weighted by atomic mass is 10.5. The molecular formula is C7H9N2O2. The Hall–Kier alpha value is -1.32. The van der Waals surface area contributed by atoms with Gasteiger partial charge in [-0.3, -0.25) is 0 Å². The summed E-state index contributed by atoms with van der Waals surface area (Å²) in [6.07, 6.45) is 4.69. The predicted molar refractivity (Wildman–Crippen MR) is 38.0 cm³/mol. The molecule has 1 aromatic heterocycles. The molecule has 0 fully saturated rings. The molecule has 1 N–H and O–H groups in total. The number of nitrogens with one attached hydrogen (secondary N) is 1. The van der Waals surface area contributed by atoms with Crippen LogP contribution in [0.3, 0.4) is 0 Å². The average Bonchev–Trinajstić information content (AvgIpc) is 2.52. The van der Waals surface area contributed by atoms with Crippen LogP contribution in [-0.2, 0) is 4.74 Å². The molecule has 59 valence electrons. The zero-order valence-corrected chi connectivity index (χ0v) is 6.26. The molecule has 1 heterocycles. The Morgan fingerprint density at radius 1 is 1.91 bits per heavy atom. The highest BCUT2D eigenvalue weighted by Gasteiger charge is 2.07. The van der Waals surface area contributed by atoms with E-state index >= 15 is 0 Å². The van der Waals surface area contributed by atoms with Crippen molar-refractivity contribution in [3.8, 4) is 0 Å². The summed E-state index contributed by atoms with van der Waals surface area (Å²) in [7, 11) is 0. The van der Waals surface area contributed by atoms with E-state index in [1.165, 1.54) is 6.20 Å². The Labute approximate surface area is 64.6 Å². The van der Waals surface area contributed by atoms with Gasteiger partial charge in [0.05, 0.1) is 6.61 Å². The van der Waals surface area contributed by atoms with Crippen molar-refractivity contribution in [2.75, 3.05) is 6.61 Å². The van der Waals surface area contributed by atoms with Crippen LogP contribution in [0.4, 0.5) is 0 Å². The number of hydrogen-bond donors (Lipinski definition) is 1. The van der Waals surface area contributed by atoms with Crippen molar-refractivity contribution in [3.63, 3.8) is 0 Å². The number of rotatable bonds is 3. The third kappa shape index (κ3) is 2.07. The fourth-order valence-corrected chi connectivity index (χ4v) is 0.599. The van der Waals surface area contributed by atoms with Crippen molar-refractivity contribution in [2.45, 2.75) is 13.3 Å². The maximum absolute atomic E-state index is 10.9. The summed E-state index contributed by atoms with van der Waals surface area (Å²) in [5.41, 5.74) is 0.276. The fourth-order valence-electron chi connectivity index (χ4n) is 0.599. The predicted octanol–water partition coefficient (Wildman–Crippen LogP) is 0.777. The fraction of sp³-hybridized carbons (Fsp3) is 0.429. The molecule has 0 spiro atoms. The van der Waals surface area contributed by atoms with E-state index in [4.69, 9.17) is 4.74 Å². The zero-order valence-electron chi connectivity index (χ0n) is 6.26. The molecule has 0 saturated heterocycles. The summed E-state index contributed by atoms with van der Waals surface area (Å²) < 4.78 is 4.79. The van der Waals surface area contributed by atoms with Gasteiger partial charge >= 0.3 is 5.97 Å². The van der Waals surface area contributed by atoms with Crippen LogP contribution in [0.25, 0.3) is 0 Å². The largest absolute Gasteiger partial charge is 0.461 e. The Morgan fingerprint density at radius 2 is 2.73 bits per heavy atom. The van der Waals surface area contributed by atoms with Crippen LogP contribution in [0.2, 0.25) is 0 Å². The molecular weight excluding hydrogens is 144 g/mol. The van der Waals surface area contributed by atoms with Gasteiger partial charge in [-0.1, -0.05) is 6.92 Å². The van der Waals surface area contributed by atoms with Gasteiger partial charge in [-0.05, 0) is 6.42 Å². The molecule has 0 aliphatic heterocycles. The van der Waals surface area contributed by atoms with Crippen LogP contribution in [0.5, 0.6) is 0 Å². The number of ether oxygens (including phenoxy) is 1. The molecule has 1 radical (unpaired) electrons. The molecule has 1 rings (SSSR count). The van der Waals surface area contributed by atoms with Gasteiger partial charge in [-0.2, -0.15) is 0 Å². The lowest BCUT2D eigenvalue weighted by Crippen LogP contribution is -2.05. The van der Waals surface area contributed by atoms with Gasteiger partial charge in [0.1, 0.15) is 0 Å². The van der Waals surface area contributed by atoms with Gasteiger partial charge in [-0.25, -0.2) is 9.78 Å². The molecule has 4 nitrogen and oxygen atoms in total. The average molecular weight is 153 g/mol. The van der Waals surface area contributed by atoms with E-state index in [0.29, 0.717) is 6.61 Å². The molecule has 11 heavy (non-hydrogen) atoms. The van der Waals surface area contributed by atoms with Crippen LogP contribution in [-0.4, -0.2) is 22.5 Å². The lowest BCUT2D eigenvalue weighted by molar-refractivity contribution is 0.0499. The highest BCUT2D eigenvalue weighted by molar-refractivity contribution is 5.86. The molecule has 1 aromatic rings. The standard InChI is InChI=1S/C7H9N2O2/c1-2-3-11-7(10)6-4-8-5-9-6/h4H,2-3H2,1H3,(H,8,9). The second-order valence-corrected chi connectivity index (χ2v) is 2.03. The second-order valence-electron chi connectivity index (χ2n) is 2.03. The summed E-state index contributed by atoms with van der Waals surface area (Å²) >= 11 is 0. The second kappa shape index (κ2) is 3.75. The van der Waals surface area contributed by atoms with Crippen molar-refractivity contribution >= 4 is 5.97 Å². The lowest BCUT2D eigenvalue weighted by Gasteiger charge is -1.97. The number of hydrogen-bond acceptors (Lipinski definition) is 3. The van der Waals surface area contributed by atoms with Crippen LogP contribution >= 0.6 is 0 Å². The minimum absolute atomic E-state index is 0.276. The number of aromatic amines is 1. The van der Waals surface area contributed by atoms with Gasteiger partial charge in [0, 0.05) is 6.20 Å². The van der Waals surface area contributed by atoms with Crippen LogP contribution < -0.4 is 0 Å². The smallest absolute Gasteiger partial charge is 0.358 e. The molecule has 0 atom stereocenters. The van der Waals surface area contributed by atoms with Crippen LogP contribution in [0.1, 0.15) is 23.8 Å². The SMILES string of the molecule is CCCOC(=O)c1c[nH][c]n1. The van der Waals surface area contributed by atoms with Crippen LogP contribution in [0, 0.1) is 6.33 Å². The third-order valence-electron chi connectivity index (χ3n) is 1.10. The van der Waals surface area contributed by atoms with Gasteiger partial charge in [0.25, 0.3) is 0 Å². The van der Waals surface area contributed by atoms with Gasteiger partial charge < -0.3 is 9.72 Å². The van der Waals surface area contributed by atoms with E-state index < -0.39 is 5.97 Å². The van der Waals surface area contributed by atoms with Crippen molar-refractivity contribution in [1.82, 2.24) is 9.97 Å². The molecule has 0 amide bonds. The van der Waals surface area contributed by atoms with E-state index in [0.717, 1.165) is 6.42 Å². The first-order valence-corrected chi connectivity index (χ1v) is 3.43. The Morgan fingerprint density at radius 3 is 3.27 bits per heavy atom. The minimum Gasteiger partial charge on any atom is -0.461 e. The molecule has 4 heteroatoms. The summed E-state index contributed by atoms with van der Waals surface area (Å²) in [5, 5.41) is 0. The maximum atomic E-state index is 10.9. The quantitative estimate of drug-likeness (QED) is 0.653. The number of carbonyl (C=O) groups is 1.